The molecule has 180 valence electrons. The van der Waals surface area contributed by atoms with Crippen molar-refractivity contribution in [3.63, 3.8) is 0 Å². The highest BCUT2D eigenvalue weighted by atomic mass is 35.5. The lowest BCUT2D eigenvalue weighted by atomic mass is 9.91. The Bertz CT molecular complexity index is 1140. The van der Waals surface area contributed by atoms with Crippen molar-refractivity contribution in [3.05, 3.63) is 87.4 Å². The minimum atomic E-state index is -0.680. The highest BCUT2D eigenvalue weighted by Gasteiger charge is 2.31. The Balaban J connectivity index is 0.000000970. The second kappa shape index (κ2) is 13.1. The van der Waals surface area contributed by atoms with Gasteiger partial charge in [0.15, 0.2) is 11.6 Å². The van der Waals surface area contributed by atoms with Crippen molar-refractivity contribution in [2.45, 2.75) is 46.0 Å². The van der Waals surface area contributed by atoms with Gasteiger partial charge in [-0.15, -0.1) is 0 Å². The first-order valence-electron chi connectivity index (χ1n) is 11.5. The van der Waals surface area contributed by atoms with Gasteiger partial charge in [-0.25, -0.2) is 8.78 Å². The molecule has 0 amide bonds. The van der Waals surface area contributed by atoms with Crippen LogP contribution >= 0.6 is 11.6 Å². The van der Waals surface area contributed by atoms with Crippen LogP contribution in [0.1, 0.15) is 55.4 Å². The molecule has 3 nitrogen and oxygen atoms in total. The van der Waals surface area contributed by atoms with Crippen LogP contribution in [-0.4, -0.2) is 13.7 Å². The van der Waals surface area contributed by atoms with E-state index in [9.17, 15) is 9.65 Å². The van der Waals surface area contributed by atoms with Crippen molar-refractivity contribution in [2.75, 3.05) is 13.7 Å². The Morgan fingerprint density at radius 2 is 1.74 bits per heavy atom. The van der Waals surface area contributed by atoms with Gasteiger partial charge >= 0.3 is 0 Å². The van der Waals surface area contributed by atoms with Gasteiger partial charge in [-0.3, -0.25) is 0 Å². The van der Waals surface area contributed by atoms with Crippen LogP contribution in [0.4, 0.5) is 8.78 Å². The number of nitrogens with zero attached hydrogens (tertiary/aromatic N) is 1. The Labute approximate surface area is 206 Å². The summed E-state index contributed by atoms with van der Waals surface area (Å²) in [6.07, 6.45) is 1.94. The smallest absolute Gasteiger partial charge is 0.174 e. The number of hydrogen-bond donors (Lipinski definition) is 1. The van der Waals surface area contributed by atoms with Gasteiger partial charge in [0.2, 0.25) is 0 Å². The number of rotatable bonds is 5. The molecule has 1 unspecified atom stereocenters. The third kappa shape index (κ3) is 5.58. The van der Waals surface area contributed by atoms with E-state index in [0.717, 1.165) is 16.7 Å². The molecule has 4 rings (SSSR count). The Kier molecular flexibility index (Phi) is 10.5. The molecule has 0 bridgehead atoms. The summed E-state index contributed by atoms with van der Waals surface area (Å²) in [6, 6.07) is 16.4. The summed E-state index contributed by atoms with van der Waals surface area (Å²) in [7, 11) is 1.50. The van der Waals surface area contributed by atoms with E-state index in [4.69, 9.17) is 16.3 Å². The SMILES string of the molecule is CC.CCCOc1ccc(C#N)c(-c2c(Cl)c(F)cc3c2CC(c2ccccc2)C3)c1F.CN. The molecule has 3 aromatic carbocycles. The maximum Gasteiger partial charge on any atom is 0.174 e. The molecule has 0 aromatic heterocycles. The summed E-state index contributed by atoms with van der Waals surface area (Å²) in [6.45, 7) is 6.26. The van der Waals surface area contributed by atoms with E-state index in [1.807, 2.05) is 57.2 Å². The summed E-state index contributed by atoms with van der Waals surface area (Å²) in [5.74, 6) is -1.11. The van der Waals surface area contributed by atoms with Gasteiger partial charge < -0.3 is 10.5 Å². The third-order valence-corrected chi connectivity index (χ3v) is 5.92. The molecule has 0 heterocycles. The quantitative estimate of drug-likeness (QED) is 0.409. The number of ether oxygens (including phenoxy) is 1. The molecule has 1 aliphatic carbocycles. The fourth-order valence-electron chi connectivity index (χ4n) is 4.15. The minimum absolute atomic E-state index is 0.0144. The minimum Gasteiger partial charge on any atom is -0.491 e. The molecule has 0 radical (unpaired) electrons. The highest BCUT2D eigenvalue weighted by Crippen LogP contribution is 2.46. The number of hydrogen-bond acceptors (Lipinski definition) is 3. The van der Waals surface area contributed by atoms with Gasteiger partial charge in [0, 0.05) is 11.1 Å². The van der Waals surface area contributed by atoms with Gasteiger partial charge in [-0.1, -0.05) is 62.7 Å². The van der Waals surface area contributed by atoms with Crippen LogP contribution in [0.25, 0.3) is 11.1 Å². The Hall–Kier alpha value is -2.94. The van der Waals surface area contributed by atoms with Crippen molar-refractivity contribution in [1.82, 2.24) is 0 Å². The molecule has 0 fully saturated rings. The highest BCUT2D eigenvalue weighted by molar-refractivity contribution is 6.33. The van der Waals surface area contributed by atoms with Crippen molar-refractivity contribution in [3.8, 4) is 22.9 Å². The van der Waals surface area contributed by atoms with Gasteiger partial charge in [-0.2, -0.15) is 5.26 Å². The average Bonchev–Trinajstić information content (AvgIpc) is 3.31. The van der Waals surface area contributed by atoms with Crippen LogP contribution in [0.15, 0.2) is 48.5 Å². The van der Waals surface area contributed by atoms with Crippen LogP contribution in [0.3, 0.4) is 0 Å². The number of halogens is 3. The molecular weight excluding hydrogens is 454 g/mol. The second-order valence-electron chi connectivity index (χ2n) is 7.46. The zero-order chi connectivity index (χ0) is 25.3. The van der Waals surface area contributed by atoms with E-state index in [-0.39, 0.29) is 33.4 Å². The van der Waals surface area contributed by atoms with Crippen molar-refractivity contribution in [1.29, 1.82) is 5.26 Å². The molecule has 0 spiro atoms. The fourth-order valence-corrected chi connectivity index (χ4v) is 4.42. The maximum absolute atomic E-state index is 15.5. The summed E-state index contributed by atoms with van der Waals surface area (Å²) < 4.78 is 35.7. The molecule has 6 heteroatoms. The number of benzene rings is 3. The molecule has 34 heavy (non-hydrogen) atoms. The Morgan fingerprint density at radius 1 is 1.06 bits per heavy atom. The molecular formula is C28H31ClF2N2O. The first-order chi connectivity index (χ1) is 16.5. The van der Waals surface area contributed by atoms with Crippen LogP contribution in [0.5, 0.6) is 5.75 Å². The third-order valence-electron chi connectivity index (χ3n) is 5.55. The van der Waals surface area contributed by atoms with Crippen molar-refractivity contribution < 1.29 is 13.5 Å². The molecule has 2 N–H and O–H groups in total. The average molecular weight is 485 g/mol. The van der Waals surface area contributed by atoms with Crippen LogP contribution in [0.2, 0.25) is 5.02 Å². The number of nitriles is 1. The summed E-state index contributed by atoms with van der Waals surface area (Å²) in [5.41, 5.74) is 7.61. The van der Waals surface area contributed by atoms with Gasteiger partial charge in [0.1, 0.15) is 5.82 Å². The van der Waals surface area contributed by atoms with Crippen LogP contribution < -0.4 is 10.5 Å². The first kappa shape index (κ1) is 27.3. The fraction of sp³-hybridized carbons (Fsp3) is 0.321. The normalized spacial score (nSPS) is 13.6. The summed E-state index contributed by atoms with van der Waals surface area (Å²) in [5, 5.41) is 9.45. The van der Waals surface area contributed by atoms with E-state index in [2.05, 4.69) is 5.73 Å². The zero-order valence-corrected chi connectivity index (χ0v) is 20.8. The van der Waals surface area contributed by atoms with Gasteiger partial charge in [-0.05, 0) is 67.1 Å². The topological polar surface area (TPSA) is 59.0 Å². The lowest BCUT2D eigenvalue weighted by molar-refractivity contribution is 0.301. The van der Waals surface area contributed by atoms with Crippen molar-refractivity contribution >= 4 is 11.6 Å². The predicted molar refractivity (Wildman–Crippen MR) is 135 cm³/mol. The largest absolute Gasteiger partial charge is 0.491 e. The Morgan fingerprint density at radius 3 is 2.35 bits per heavy atom. The molecule has 1 aliphatic rings. The van der Waals surface area contributed by atoms with Crippen LogP contribution in [-0.2, 0) is 12.8 Å². The van der Waals surface area contributed by atoms with E-state index >= 15 is 4.39 Å². The van der Waals surface area contributed by atoms with E-state index in [1.165, 1.54) is 25.2 Å². The van der Waals surface area contributed by atoms with Crippen molar-refractivity contribution in [2.24, 2.45) is 5.73 Å². The molecule has 0 saturated carbocycles. The number of fused-ring (bicyclic) bond motifs is 1. The molecule has 0 saturated heterocycles. The molecule has 1 atom stereocenters. The first-order valence-corrected chi connectivity index (χ1v) is 11.9. The monoisotopic (exact) mass is 484 g/mol. The standard InChI is InChI=1S/C25H20ClF2NO.C2H6.CH5N/c1-2-10-30-21-9-8-16(14-29)22(25(21)28)23-19-12-17(15-6-4-3-5-7-15)11-18(19)13-20(27)24(23)26;2*1-2/h3-9,13,17H,2,10-12H2,1H3;1-2H3;2H2,1H3. The lowest BCUT2D eigenvalue weighted by Crippen LogP contribution is -2.03. The lowest BCUT2D eigenvalue weighted by Gasteiger charge is -2.16. The van der Waals surface area contributed by atoms with Crippen LogP contribution in [0, 0.1) is 23.0 Å². The van der Waals surface area contributed by atoms with E-state index in [1.54, 1.807) is 0 Å². The molecule has 3 aromatic rings. The predicted octanol–water partition coefficient (Wildman–Crippen LogP) is 7.43. The van der Waals surface area contributed by atoms with E-state index in [0.29, 0.717) is 25.9 Å². The van der Waals surface area contributed by atoms with E-state index < -0.39 is 11.6 Å². The van der Waals surface area contributed by atoms with Gasteiger partial charge in [0.05, 0.1) is 23.3 Å². The second-order valence-corrected chi connectivity index (χ2v) is 7.84. The summed E-state index contributed by atoms with van der Waals surface area (Å²) in [4.78, 5) is 0. The number of nitrogens with two attached hydrogens (primary N) is 1. The maximum atomic E-state index is 15.5. The summed E-state index contributed by atoms with van der Waals surface area (Å²) >= 11 is 6.37. The zero-order valence-electron chi connectivity index (χ0n) is 20.1. The molecule has 0 aliphatic heterocycles. The van der Waals surface area contributed by atoms with Gasteiger partial charge in [0.25, 0.3) is 0 Å².